The second kappa shape index (κ2) is 8.47. The van der Waals surface area contributed by atoms with E-state index in [0.717, 1.165) is 29.5 Å². The molecule has 27 heavy (non-hydrogen) atoms. The molecule has 2 aromatic carbocycles. The molecule has 0 spiro atoms. The predicted octanol–water partition coefficient (Wildman–Crippen LogP) is 3.63. The highest BCUT2D eigenvalue weighted by Gasteiger charge is 2.22. The van der Waals surface area contributed by atoms with Crippen molar-refractivity contribution in [2.75, 3.05) is 22.4 Å². The molecule has 5 nitrogen and oxygen atoms in total. The van der Waals surface area contributed by atoms with Crippen molar-refractivity contribution in [2.45, 2.75) is 26.7 Å². The lowest BCUT2D eigenvalue weighted by atomic mass is 10.1. The summed E-state index contributed by atoms with van der Waals surface area (Å²) in [5.41, 5.74) is 2.33. The molecule has 146 valence electrons. The fourth-order valence-electron chi connectivity index (χ4n) is 2.81. The molecule has 0 atom stereocenters. The van der Waals surface area contributed by atoms with E-state index in [9.17, 15) is 22.0 Å². The van der Waals surface area contributed by atoms with E-state index in [1.165, 1.54) is 10.4 Å². The van der Waals surface area contributed by atoms with E-state index in [0.29, 0.717) is 12.1 Å². The van der Waals surface area contributed by atoms with E-state index in [1.54, 1.807) is 0 Å². The van der Waals surface area contributed by atoms with Crippen molar-refractivity contribution in [3.63, 3.8) is 0 Å². The summed E-state index contributed by atoms with van der Waals surface area (Å²) in [5, 5.41) is 2.44. The van der Waals surface area contributed by atoms with Gasteiger partial charge in [0, 0.05) is 24.7 Å². The van der Waals surface area contributed by atoms with E-state index < -0.39 is 27.6 Å². The third-order valence-electron chi connectivity index (χ3n) is 4.10. The van der Waals surface area contributed by atoms with Crippen LogP contribution in [0.25, 0.3) is 0 Å². The van der Waals surface area contributed by atoms with Gasteiger partial charge >= 0.3 is 0 Å². The van der Waals surface area contributed by atoms with Crippen LogP contribution < -0.4 is 9.62 Å². The molecule has 0 radical (unpaired) electrons. The lowest BCUT2D eigenvalue weighted by molar-refractivity contribution is -0.116. The van der Waals surface area contributed by atoms with Gasteiger partial charge in [-0.25, -0.2) is 17.2 Å². The Balaban J connectivity index is 2.18. The Morgan fingerprint density at radius 1 is 1.15 bits per heavy atom. The third-order valence-corrected chi connectivity index (χ3v) is 5.26. The van der Waals surface area contributed by atoms with Gasteiger partial charge in [0.25, 0.3) is 0 Å². The maximum absolute atomic E-state index is 13.2. The molecule has 0 aliphatic heterocycles. The smallest absolute Gasteiger partial charge is 0.232 e. The van der Waals surface area contributed by atoms with Crippen molar-refractivity contribution in [3.05, 3.63) is 59.2 Å². The molecule has 0 aliphatic rings. The van der Waals surface area contributed by atoms with Crippen LogP contribution in [0.3, 0.4) is 0 Å². The first-order valence-electron chi connectivity index (χ1n) is 8.44. The zero-order chi connectivity index (χ0) is 20.2. The van der Waals surface area contributed by atoms with Gasteiger partial charge in [0.15, 0.2) is 11.6 Å². The number of anilines is 2. The molecule has 2 aromatic rings. The highest BCUT2D eigenvalue weighted by molar-refractivity contribution is 7.92. The Morgan fingerprint density at radius 2 is 1.85 bits per heavy atom. The van der Waals surface area contributed by atoms with Crippen LogP contribution in [-0.4, -0.2) is 27.1 Å². The Morgan fingerprint density at radius 3 is 2.44 bits per heavy atom. The number of carbonyl (C=O) groups is 1. The Hall–Kier alpha value is -2.48. The molecule has 1 amide bonds. The summed E-state index contributed by atoms with van der Waals surface area (Å²) < 4.78 is 52.0. The minimum Gasteiger partial charge on any atom is -0.326 e. The lowest BCUT2D eigenvalue weighted by Gasteiger charge is -2.26. The third kappa shape index (κ3) is 5.26. The fourth-order valence-corrected chi connectivity index (χ4v) is 3.82. The standard InChI is InChI=1S/C19H22F2N2O3S/c1-4-14-7-5-6-13(2)19(14)23(27(3,25)26)11-10-18(24)22-15-8-9-16(20)17(21)12-15/h5-9,12H,4,10-11H2,1-3H3,(H,22,24). The van der Waals surface area contributed by atoms with Gasteiger partial charge in [-0.3, -0.25) is 9.10 Å². The summed E-state index contributed by atoms with van der Waals surface area (Å²) >= 11 is 0. The average Bonchev–Trinajstić information content (AvgIpc) is 2.58. The van der Waals surface area contributed by atoms with Crippen LogP contribution in [-0.2, 0) is 21.2 Å². The molecule has 0 saturated heterocycles. The molecule has 0 heterocycles. The summed E-state index contributed by atoms with van der Waals surface area (Å²) in [5.74, 6) is -2.58. The zero-order valence-corrected chi connectivity index (χ0v) is 16.2. The number of rotatable bonds is 7. The number of nitrogens with one attached hydrogen (secondary N) is 1. The Kier molecular flexibility index (Phi) is 6.54. The van der Waals surface area contributed by atoms with Crippen molar-refractivity contribution >= 4 is 27.3 Å². The molecule has 0 saturated carbocycles. The van der Waals surface area contributed by atoms with E-state index in [4.69, 9.17) is 0 Å². The number of benzene rings is 2. The van der Waals surface area contributed by atoms with Crippen LogP contribution in [0.2, 0.25) is 0 Å². The van der Waals surface area contributed by atoms with Crippen LogP contribution in [0.5, 0.6) is 0 Å². The van der Waals surface area contributed by atoms with Gasteiger partial charge in [-0.05, 0) is 36.6 Å². The summed E-state index contributed by atoms with van der Waals surface area (Å²) in [7, 11) is -3.61. The number of nitrogens with zero attached hydrogens (tertiary/aromatic N) is 1. The minimum absolute atomic E-state index is 0.0633. The van der Waals surface area contributed by atoms with Crippen LogP contribution in [0, 0.1) is 18.6 Å². The van der Waals surface area contributed by atoms with E-state index in [2.05, 4.69) is 5.32 Å². The van der Waals surface area contributed by atoms with Gasteiger partial charge in [-0.2, -0.15) is 0 Å². The monoisotopic (exact) mass is 396 g/mol. The molecular weight excluding hydrogens is 374 g/mol. The van der Waals surface area contributed by atoms with Crippen LogP contribution in [0.4, 0.5) is 20.2 Å². The maximum atomic E-state index is 13.2. The molecule has 2 rings (SSSR count). The SMILES string of the molecule is CCc1cccc(C)c1N(CCC(=O)Nc1ccc(F)c(F)c1)S(C)(=O)=O. The summed E-state index contributed by atoms with van der Waals surface area (Å²) in [6.45, 7) is 3.68. The summed E-state index contributed by atoms with van der Waals surface area (Å²) in [6, 6.07) is 8.54. The van der Waals surface area contributed by atoms with Crippen LogP contribution in [0.15, 0.2) is 36.4 Å². The maximum Gasteiger partial charge on any atom is 0.232 e. The second-order valence-electron chi connectivity index (χ2n) is 6.20. The van der Waals surface area contributed by atoms with Gasteiger partial charge in [0.05, 0.1) is 11.9 Å². The first-order chi connectivity index (χ1) is 12.6. The number of hydrogen-bond donors (Lipinski definition) is 1. The second-order valence-corrected chi connectivity index (χ2v) is 8.11. The van der Waals surface area contributed by atoms with Crippen LogP contribution in [0.1, 0.15) is 24.5 Å². The topological polar surface area (TPSA) is 66.5 Å². The van der Waals surface area contributed by atoms with E-state index in [1.807, 2.05) is 32.0 Å². The zero-order valence-electron chi connectivity index (χ0n) is 15.4. The van der Waals surface area contributed by atoms with Gasteiger partial charge < -0.3 is 5.32 Å². The first-order valence-corrected chi connectivity index (χ1v) is 10.3. The van der Waals surface area contributed by atoms with Crippen LogP contribution >= 0.6 is 0 Å². The highest BCUT2D eigenvalue weighted by atomic mass is 32.2. The number of sulfonamides is 1. The van der Waals surface area contributed by atoms with Gasteiger partial charge in [0.2, 0.25) is 15.9 Å². The summed E-state index contributed by atoms with van der Waals surface area (Å²) in [4.78, 5) is 12.2. The number of hydrogen-bond acceptors (Lipinski definition) is 3. The summed E-state index contributed by atoms with van der Waals surface area (Å²) in [6.07, 6.45) is 1.60. The molecule has 0 unspecified atom stereocenters. The van der Waals surface area contributed by atoms with E-state index in [-0.39, 0.29) is 18.7 Å². The van der Waals surface area contributed by atoms with Crippen molar-refractivity contribution in [2.24, 2.45) is 0 Å². The number of aryl methyl sites for hydroxylation is 2. The lowest BCUT2D eigenvalue weighted by Crippen LogP contribution is -2.34. The highest BCUT2D eigenvalue weighted by Crippen LogP contribution is 2.28. The quantitative estimate of drug-likeness (QED) is 0.777. The van der Waals surface area contributed by atoms with Gasteiger partial charge in [0.1, 0.15) is 0 Å². The van der Waals surface area contributed by atoms with Gasteiger partial charge in [-0.1, -0.05) is 25.1 Å². The predicted molar refractivity (Wildman–Crippen MR) is 102 cm³/mol. The normalized spacial score (nSPS) is 11.3. The number of halogens is 2. The first kappa shape index (κ1) is 20.8. The molecule has 0 bridgehead atoms. The molecule has 0 aliphatic carbocycles. The largest absolute Gasteiger partial charge is 0.326 e. The van der Waals surface area contributed by atoms with Crippen molar-refractivity contribution in [1.29, 1.82) is 0 Å². The fraction of sp³-hybridized carbons (Fsp3) is 0.316. The van der Waals surface area contributed by atoms with E-state index >= 15 is 0 Å². The number of carbonyl (C=O) groups excluding carboxylic acids is 1. The molecular formula is C19H22F2N2O3S. The average molecular weight is 396 g/mol. The number of amides is 1. The molecule has 0 aromatic heterocycles. The van der Waals surface area contributed by atoms with Crippen molar-refractivity contribution in [1.82, 2.24) is 0 Å². The molecule has 1 N–H and O–H groups in total. The van der Waals surface area contributed by atoms with Crippen molar-refractivity contribution in [3.8, 4) is 0 Å². The molecule has 8 heteroatoms. The molecule has 0 fully saturated rings. The van der Waals surface area contributed by atoms with Crippen molar-refractivity contribution < 1.29 is 22.0 Å². The Labute approximate surface area is 158 Å². The Bertz CT molecular complexity index is 946. The number of para-hydroxylation sites is 1. The van der Waals surface area contributed by atoms with Gasteiger partial charge in [-0.15, -0.1) is 0 Å². The minimum atomic E-state index is -3.61.